The van der Waals surface area contributed by atoms with Gasteiger partial charge in [-0.25, -0.2) is 4.39 Å². The van der Waals surface area contributed by atoms with Gasteiger partial charge in [0.05, 0.1) is 7.11 Å². The van der Waals surface area contributed by atoms with Crippen molar-refractivity contribution >= 4 is 11.8 Å². The zero-order valence-corrected chi connectivity index (χ0v) is 15.6. The van der Waals surface area contributed by atoms with E-state index in [0.29, 0.717) is 16.9 Å². The van der Waals surface area contributed by atoms with Gasteiger partial charge in [-0.15, -0.1) is 10.2 Å². The lowest BCUT2D eigenvalue weighted by Crippen LogP contribution is -1.97. The molecule has 0 spiro atoms. The van der Waals surface area contributed by atoms with Crippen LogP contribution in [0, 0.1) is 19.7 Å². The van der Waals surface area contributed by atoms with Gasteiger partial charge in [0, 0.05) is 5.75 Å². The van der Waals surface area contributed by atoms with Gasteiger partial charge in [-0.1, -0.05) is 30.0 Å². The smallest absolute Gasteiger partial charge is 0.277 e. The molecule has 0 aliphatic carbocycles. The van der Waals surface area contributed by atoms with Gasteiger partial charge in [0.25, 0.3) is 11.1 Å². The number of hydrogen-bond acceptors (Lipinski definition) is 6. The normalized spacial score (nSPS) is 10.8. The lowest BCUT2D eigenvalue weighted by Gasteiger charge is -2.07. The topological polar surface area (TPSA) is 57.4 Å². The number of benzene rings is 2. The molecule has 0 saturated carbocycles. The van der Waals surface area contributed by atoms with Crippen LogP contribution in [-0.2, 0) is 12.4 Å². The second kappa shape index (κ2) is 8.23. The van der Waals surface area contributed by atoms with Gasteiger partial charge in [-0.2, -0.15) is 0 Å². The molecule has 2 aromatic carbocycles. The van der Waals surface area contributed by atoms with E-state index < -0.39 is 5.82 Å². The second-order valence-electron chi connectivity index (χ2n) is 5.78. The van der Waals surface area contributed by atoms with E-state index in [2.05, 4.69) is 10.2 Å². The Morgan fingerprint density at radius 1 is 1.08 bits per heavy atom. The van der Waals surface area contributed by atoms with Gasteiger partial charge < -0.3 is 13.9 Å². The third-order valence-electron chi connectivity index (χ3n) is 3.72. The SMILES string of the molecule is COc1ccc(CSc2nnc(COc3cc(C)ccc3C)o2)cc1F. The van der Waals surface area contributed by atoms with Gasteiger partial charge >= 0.3 is 0 Å². The van der Waals surface area contributed by atoms with Crippen LogP contribution in [0.4, 0.5) is 4.39 Å². The minimum absolute atomic E-state index is 0.203. The molecule has 0 aliphatic rings. The van der Waals surface area contributed by atoms with Crippen molar-refractivity contribution in [1.29, 1.82) is 0 Å². The summed E-state index contributed by atoms with van der Waals surface area (Å²) < 4.78 is 29.9. The van der Waals surface area contributed by atoms with E-state index >= 15 is 0 Å². The highest BCUT2D eigenvalue weighted by Crippen LogP contribution is 2.25. The van der Waals surface area contributed by atoms with E-state index in [4.69, 9.17) is 13.9 Å². The fourth-order valence-corrected chi connectivity index (χ4v) is 3.03. The first-order chi connectivity index (χ1) is 12.5. The molecule has 0 atom stereocenters. The molecule has 0 amide bonds. The molecule has 1 heterocycles. The number of hydrogen-bond donors (Lipinski definition) is 0. The highest BCUT2D eigenvalue weighted by Gasteiger charge is 2.10. The Balaban J connectivity index is 1.56. The highest BCUT2D eigenvalue weighted by molar-refractivity contribution is 7.98. The molecule has 3 rings (SSSR count). The monoisotopic (exact) mass is 374 g/mol. The second-order valence-corrected chi connectivity index (χ2v) is 6.70. The van der Waals surface area contributed by atoms with Crippen molar-refractivity contribution in [2.24, 2.45) is 0 Å². The summed E-state index contributed by atoms with van der Waals surface area (Å²) in [7, 11) is 1.44. The molecule has 7 heteroatoms. The lowest BCUT2D eigenvalue weighted by molar-refractivity contribution is 0.250. The summed E-state index contributed by atoms with van der Waals surface area (Å²) in [5, 5.41) is 8.39. The predicted molar refractivity (Wildman–Crippen MR) is 97.1 cm³/mol. The fourth-order valence-electron chi connectivity index (χ4n) is 2.30. The van der Waals surface area contributed by atoms with Crippen molar-refractivity contribution in [3.63, 3.8) is 0 Å². The molecule has 0 radical (unpaired) electrons. The Morgan fingerprint density at radius 2 is 1.92 bits per heavy atom. The van der Waals surface area contributed by atoms with E-state index in [1.807, 2.05) is 32.0 Å². The van der Waals surface area contributed by atoms with Crippen LogP contribution >= 0.6 is 11.8 Å². The summed E-state index contributed by atoms with van der Waals surface area (Å²) in [6.07, 6.45) is 0. The molecule has 3 aromatic rings. The Morgan fingerprint density at radius 3 is 2.69 bits per heavy atom. The Hall–Kier alpha value is -2.54. The lowest BCUT2D eigenvalue weighted by atomic mass is 10.1. The largest absolute Gasteiger partial charge is 0.494 e. The van der Waals surface area contributed by atoms with Gasteiger partial charge in [0.2, 0.25) is 0 Å². The molecule has 0 aliphatic heterocycles. The molecular formula is C19H19FN2O3S. The van der Waals surface area contributed by atoms with Crippen molar-refractivity contribution < 1.29 is 18.3 Å². The van der Waals surface area contributed by atoms with Crippen molar-refractivity contribution in [1.82, 2.24) is 10.2 Å². The number of thioether (sulfide) groups is 1. The number of aryl methyl sites for hydroxylation is 2. The summed E-state index contributed by atoms with van der Waals surface area (Å²) in [6.45, 7) is 4.20. The Kier molecular flexibility index (Phi) is 5.78. The van der Waals surface area contributed by atoms with Gasteiger partial charge in [-0.3, -0.25) is 0 Å². The van der Waals surface area contributed by atoms with Crippen LogP contribution in [0.3, 0.4) is 0 Å². The number of rotatable bonds is 7. The molecule has 0 N–H and O–H groups in total. The minimum Gasteiger partial charge on any atom is -0.494 e. The molecule has 26 heavy (non-hydrogen) atoms. The third kappa shape index (κ3) is 4.54. The first kappa shape index (κ1) is 18.3. The molecule has 0 saturated heterocycles. The van der Waals surface area contributed by atoms with Crippen molar-refractivity contribution in [3.8, 4) is 11.5 Å². The van der Waals surface area contributed by atoms with Crippen LogP contribution in [0.1, 0.15) is 22.6 Å². The standard InChI is InChI=1S/C19H19FN2O3S/c1-12-4-5-13(2)17(8-12)24-10-18-21-22-19(25-18)26-11-14-6-7-16(23-3)15(20)9-14/h4-9H,10-11H2,1-3H3. The van der Waals surface area contributed by atoms with Crippen LogP contribution in [0.5, 0.6) is 11.5 Å². The van der Waals surface area contributed by atoms with Gasteiger partial charge in [-0.05, 0) is 48.7 Å². The maximum absolute atomic E-state index is 13.7. The molecule has 5 nitrogen and oxygen atoms in total. The number of ether oxygens (including phenoxy) is 2. The fraction of sp³-hybridized carbons (Fsp3) is 0.263. The average molecular weight is 374 g/mol. The Bertz CT molecular complexity index is 898. The first-order valence-electron chi connectivity index (χ1n) is 8.03. The molecule has 136 valence electrons. The van der Waals surface area contributed by atoms with E-state index in [1.165, 1.54) is 24.9 Å². The van der Waals surface area contributed by atoms with Crippen LogP contribution in [0.25, 0.3) is 0 Å². The highest BCUT2D eigenvalue weighted by atomic mass is 32.2. The number of methoxy groups -OCH3 is 1. The van der Waals surface area contributed by atoms with Crippen LogP contribution in [0.2, 0.25) is 0 Å². The van der Waals surface area contributed by atoms with Crippen LogP contribution < -0.4 is 9.47 Å². The molecule has 0 bridgehead atoms. The van der Waals surface area contributed by atoms with Gasteiger partial charge in [0.15, 0.2) is 18.2 Å². The Labute approximate surface area is 155 Å². The summed E-state index contributed by atoms with van der Waals surface area (Å²) in [5.41, 5.74) is 2.98. The summed E-state index contributed by atoms with van der Waals surface area (Å²) in [4.78, 5) is 0. The van der Waals surface area contributed by atoms with E-state index in [0.717, 1.165) is 22.4 Å². The summed E-state index contributed by atoms with van der Waals surface area (Å²) >= 11 is 1.34. The first-order valence-corrected chi connectivity index (χ1v) is 9.01. The predicted octanol–water partition coefficient (Wildman–Crippen LogP) is 4.71. The van der Waals surface area contributed by atoms with Crippen molar-refractivity contribution in [2.45, 2.75) is 31.4 Å². The maximum atomic E-state index is 13.7. The van der Waals surface area contributed by atoms with Gasteiger partial charge in [0.1, 0.15) is 5.75 Å². The maximum Gasteiger partial charge on any atom is 0.277 e. The number of aromatic nitrogens is 2. The molecule has 1 aromatic heterocycles. The molecule has 0 fully saturated rings. The zero-order valence-electron chi connectivity index (χ0n) is 14.8. The molecular weight excluding hydrogens is 355 g/mol. The third-order valence-corrected chi connectivity index (χ3v) is 4.61. The van der Waals surface area contributed by atoms with Crippen LogP contribution in [0.15, 0.2) is 46.0 Å². The minimum atomic E-state index is -0.390. The summed E-state index contributed by atoms with van der Waals surface area (Å²) in [5.74, 6) is 1.54. The van der Waals surface area contributed by atoms with Crippen molar-refractivity contribution in [2.75, 3.05) is 7.11 Å². The molecule has 0 unspecified atom stereocenters. The number of halogens is 1. The quantitative estimate of drug-likeness (QED) is 0.559. The van der Waals surface area contributed by atoms with Crippen LogP contribution in [-0.4, -0.2) is 17.3 Å². The van der Waals surface area contributed by atoms with E-state index in [9.17, 15) is 4.39 Å². The van der Waals surface area contributed by atoms with E-state index in [1.54, 1.807) is 12.1 Å². The summed E-state index contributed by atoms with van der Waals surface area (Å²) in [6, 6.07) is 10.9. The number of nitrogens with zero attached hydrogens (tertiary/aromatic N) is 2. The zero-order chi connectivity index (χ0) is 18.5. The average Bonchev–Trinajstić information content (AvgIpc) is 3.09. The van der Waals surface area contributed by atoms with E-state index in [-0.39, 0.29) is 12.4 Å². The van der Waals surface area contributed by atoms with Crippen molar-refractivity contribution in [3.05, 3.63) is 64.8 Å².